The molecular weight excluding hydrogens is 328 g/mol. The van der Waals surface area contributed by atoms with Gasteiger partial charge in [0.25, 0.3) is 0 Å². The Balaban J connectivity index is 1.76. The molecule has 0 radical (unpaired) electrons. The fraction of sp³-hybridized carbons (Fsp3) is 0.625. The van der Waals surface area contributed by atoms with Gasteiger partial charge in [-0.15, -0.1) is 0 Å². The van der Waals surface area contributed by atoms with Gasteiger partial charge in [0.1, 0.15) is 0 Å². The summed E-state index contributed by atoms with van der Waals surface area (Å²) in [5.41, 5.74) is 1.13. The third-order valence-electron chi connectivity index (χ3n) is 4.88. The molecule has 2 fully saturated rings. The number of amides is 1. The molecule has 3 rings (SSSR count). The van der Waals surface area contributed by atoms with Crippen LogP contribution in [0.5, 0.6) is 0 Å². The molecule has 1 amide bonds. The lowest BCUT2D eigenvalue weighted by atomic mass is 10.0. The lowest BCUT2D eigenvalue weighted by Gasteiger charge is -2.43. The van der Waals surface area contributed by atoms with Crippen LogP contribution in [0.2, 0.25) is 0 Å². The van der Waals surface area contributed by atoms with Gasteiger partial charge in [-0.05, 0) is 17.7 Å². The summed E-state index contributed by atoms with van der Waals surface area (Å²) in [7, 11) is 0.391. The summed E-state index contributed by atoms with van der Waals surface area (Å²) in [6.07, 6.45) is 3.51. The predicted molar refractivity (Wildman–Crippen MR) is 91.1 cm³/mol. The van der Waals surface area contributed by atoms with Gasteiger partial charge in [-0.25, -0.2) is 8.42 Å². The lowest BCUT2D eigenvalue weighted by Crippen LogP contribution is -2.60. The number of carbonyl (C=O) groups is 1. The Kier molecular flexibility index (Phi) is 4.89. The maximum atomic E-state index is 12.2. The number of pyridine rings is 1. The Morgan fingerprint density at radius 2 is 1.75 bits per heavy atom. The minimum Gasteiger partial charge on any atom is -0.348 e. The van der Waals surface area contributed by atoms with Gasteiger partial charge in [0.15, 0.2) is 9.84 Å². The summed E-state index contributed by atoms with van der Waals surface area (Å²) >= 11 is 0. The highest BCUT2D eigenvalue weighted by Crippen LogP contribution is 2.28. The van der Waals surface area contributed by atoms with Gasteiger partial charge in [-0.3, -0.25) is 19.6 Å². The zero-order valence-corrected chi connectivity index (χ0v) is 14.9. The summed E-state index contributed by atoms with van der Waals surface area (Å²) in [5.74, 6) is 0.335. The Hall–Kier alpha value is -1.51. The summed E-state index contributed by atoms with van der Waals surface area (Å²) in [5, 5.41) is 0. The van der Waals surface area contributed by atoms with E-state index >= 15 is 0 Å². The van der Waals surface area contributed by atoms with Gasteiger partial charge in [0.2, 0.25) is 5.91 Å². The van der Waals surface area contributed by atoms with Crippen LogP contribution < -0.4 is 0 Å². The highest BCUT2D eigenvalue weighted by Gasteiger charge is 2.46. The van der Waals surface area contributed by atoms with Crippen LogP contribution in [0.3, 0.4) is 0 Å². The zero-order chi connectivity index (χ0) is 17.3. The van der Waals surface area contributed by atoms with Gasteiger partial charge >= 0.3 is 0 Å². The minimum atomic E-state index is -3.06. The zero-order valence-electron chi connectivity index (χ0n) is 14.1. The van der Waals surface area contributed by atoms with Gasteiger partial charge < -0.3 is 4.90 Å². The van der Waals surface area contributed by atoms with E-state index in [0.29, 0.717) is 13.1 Å². The van der Waals surface area contributed by atoms with E-state index in [1.54, 1.807) is 31.4 Å². The van der Waals surface area contributed by atoms with E-state index in [0.717, 1.165) is 12.1 Å². The molecule has 3 heterocycles. The van der Waals surface area contributed by atoms with Gasteiger partial charge in [-0.2, -0.15) is 0 Å². The van der Waals surface area contributed by atoms with Crippen molar-refractivity contribution in [2.24, 2.45) is 0 Å². The van der Waals surface area contributed by atoms with Crippen LogP contribution in [0.25, 0.3) is 0 Å². The van der Waals surface area contributed by atoms with Crippen molar-refractivity contribution in [1.29, 1.82) is 0 Å². The third kappa shape index (κ3) is 3.76. The number of fused-ring (bicyclic) bond motifs is 1. The van der Waals surface area contributed by atoms with E-state index in [1.165, 1.54) is 0 Å². The number of rotatable bonds is 4. The van der Waals surface area contributed by atoms with Crippen molar-refractivity contribution < 1.29 is 13.2 Å². The Labute approximate surface area is 143 Å². The molecule has 0 saturated carbocycles. The topological polar surface area (TPSA) is 73.8 Å². The average molecular weight is 352 g/mol. The molecule has 0 unspecified atom stereocenters. The standard InChI is InChI=1S/C16H24N4O3S/c1-18(2)16(21)10-20-8-7-19(9-13-3-5-17-6-4-13)14-11-24(22,23)12-15(14)20/h3-6,14-15H,7-12H2,1-2H3/t14-,15+/m1/s1. The van der Waals surface area contributed by atoms with Crippen molar-refractivity contribution in [1.82, 2.24) is 19.7 Å². The molecule has 0 bridgehead atoms. The Morgan fingerprint density at radius 3 is 2.38 bits per heavy atom. The number of likely N-dealkylation sites (N-methyl/N-ethyl adjacent to an activating group) is 1. The van der Waals surface area contributed by atoms with Crippen LogP contribution in [0.4, 0.5) is 0 Å². The molecule has 24 heavy (non-hydrogen) atoms. The van der Waals surface area contributed by atoms with Crippen LogP contribution in [0, 0.1) is 0 Å². The number of hydrogen-bond donors (Lipinski definition) is 0. The normalized spacial score (nSPS) is 26.9. The van der Waals surface area contributed by atoms with Crippen LogP contribution in [-0.2, 0) is 21.2 Å². The molecular formula is C16H24N4O3S. The summed E-state index contributed by atoms with van der Waals surface area (Å²) in [6.45, 7) is 2.47. The minimum absolute atomic E-state index is 0.0145. The first-order valence-corrected chi connectivity index (χ1v) is 9.95. The molecule has 2 saturated heterocycles. The van der Waals surface area contributed by atoms with Crippen molar-refractivity contribution in [2.75, 3.05) is 45.2 Å². The molecule has 1 aromatic heterocycles. The number of hydrogen-bond acceptors (Lipinski definition) is 6. The first-order chi connectivity index (χ1) is 11.4. The lowest BCUT2D eigenvalue weighted by molar-refractivity contribution is -0.131. The Morgan fingerprint density at radius 1 is 1.17 bits per heavy atom. The van der Waals surface area contributed by atoms with E-state index in [9.17, 15) is 13.2 Å². The van der Waals surface area contributed by atoms with E-state index in [-0.39, 0.29) is 36.0 Å². The molecule has 7 nitrogen and oxygen atoms in total. The number of aromatic nitrogens is 1. The molecule has 8 heteroatoms. The van der Waals surface area contributed by atoms with E-state index in [4.69, 9.17) is 0 Å². The second kappa shape index (κ2) is 6.78. The summed E-state index contributed by atoms with van der Waals surface area (Å²) < 4.78 is 24.4. The second-order valence-corrected chi connectivity index (χ2v) is 8.95. The Bertz CT molecular complexity index is 693. The number of carbonyl (C=O) groups excluding carboxylic acids is 1. The summed E-state index contributed by atoms with van der Waals surface area (Å²) in [4.78, 5) is 21.9. The van der Waals surface area contributed by atoms with Gasteiger partial charge in [0.05, 0.1) is 18.1 Å². The largest absolute Gasteiger partial charge is 0.348 e. The predicted octanol–water partition coefficient (Wildman–Crippen LogP) is -0.547. The highest BCUT2D eigenvalue weighted by atomic mass is 32.2. The molecule has 0 aromatic carbocycles. The van der Waals surface area contributed by atoms with Crippen LogP contribution in [-0.4, -0.2) is 91.3 Å². The monoisotopic (exact) mass is 352 g/mol. The average Bonchev–Trinajstić information content (AvgIpc) is 2.86. The van der Waals surface area contributed by atoms with E-state index in [1.807, 2.05) is 17.0 Å². The number of piperazine rings is 1. The van der Waals surface area contributed by atoms with Crippen molar-refractivity contribution in [3.63, 3.8) is 0 Å². The highest BCUT2D eigenvalue weighted by molar-refractivity contribution is 7.91. The molecule has 132 valence electrons. The fourth-order valence-corrected chi connectivity index (χ4v) is 5.57. The maximum Gasteiger partial charge on any atom is 0.236 e. The van der Waals surface area contributed by atoms with Crippen molar-refractivity contribution in [3.8, 4) is 0 Å². The van der Waals surface area contributed by atoms with Crippen molar-refractivity contribution in [3.05, 3.63) is 30.1 Å². The number of nitrogens with zero attached hydrogens (tertiary/aromatic N) is 4. The molecule has 0 N–H and O–H groups in total. The smallest absolute Gasteiger partial charge is 0.236 e. The SMILES string of the molecule is CN(C)C(=O)CN1CCN(Cc2ccncc2)[C@@H]2CS(=O)(=O)C[C@@H]21. The van der Waals surface area contributed by atoms with E-state index < -0.39 is 9.84 Å². The second-order valence-electron chi connectivity index (χ2n) is 6.80. The van der Waals surface area contributed by atoms with E-state index in [2.05, 4.69) is 9.88 Å². The number of sulfone groups is 1. The maximum absolute atomic E-state index is 12.2. The van der Waals surface area contributed by atoms with Crippen LogP contribution in [0.15, 0.2) is 24.5 Å². The molecule has 0 aliphatic carbocycles. The van der Waals surface area contributed by atoms with Gasteiger partial charge in [0, 0.05) is 58.2 Å². The van der Waals surface area contributed by atoms with Crippen molar-refractivity contribution in [2.45, 2.75) is 18.6 Å². The molecule has 2 aliphatic heterocycles. The van der Waals surface area contributed by atoms with Crippen LogP contribution in [0.1, 0.15) is 5.56 Å². The molecule has 2 atom stereocenters. The first-order valence-electron chi connectivity index (χ1n) is 8.13. The molecule has 0 spiro atoms. The molecule has 1 aromatic rings. The summed E-state index contributed by atoms with van der Waals surface area (Å²) in [6, 6.07) is 3.77. The van der Waals surface area contributed by atoms with Crippen molar-refractivity contribution >= 4 is 15.7 Å². The fourth-order valence-electron chi connectivity index (χ4n) is 3.53. The van der Waals surface area contributed by atoms with Gasteiger partial charge in [-0.1, -0.05) is 0 Å². The molecule has 2 aliphatic rings. The first kappa shape index (κ1) is 17.3. The third-order valence-corrected chi connectivity index (χ3v) is 6.58. The quantitative estimate of drug-likeness (QED) is 0.724. The van der Waals surface area contributed by atoms with Crippen LogP contribution >= 0.6 is 0 Å².